The number of rotatable bonds is 2. The Labute approximate surface area is 49.1 Å². The highest BCUT2D eigenvalue weighted by Crippen LogP contribution is 2.05. The van der Waals surface area contributed by atoms with Gasteiger partial charge in [0.1, 0.15) is 0 Å². The quantitative estimate of drug-likeness (QED) is 0.440. The van der Waals surface area contributed by atoms with Crippen molar-refractivity contribution >= 4 is 0 Å². The lowest BCUT2D eigenvalue weighted by Crippen LogP contribution is -2.44. The molecule has 50 valence electrons. The van der Waals surface area contributed by atoms with Gasteiger partial charge in [0.05, 0.1) is 11.7 Å². The van der Waals surface area contributed by atoms with Gasteiger partial charge in [0.25, 0.3) is 0 Å². The van der Waals surface area contributed by atoms with Crippen molar-refractivity contribution in [2.24, 2.45) is 5.73 Å². The van der Waals surface area contributed by atoms with Crippen LogP contribution in [0.5, 0.6) is 0 Å². The summed E-state index contributed by atoms with van der Waals surface area (Å²) >= 11 is 0. The van der Waals surface area contributed by atoms with Crippen LogP contribution >= 0.6 is 0 Å². The van der Waals surface area contributed by atoms with Crippen molar-refractivity contribution in [2.75, 3.05) is 6.54 Å². The summed E-state index contributed by atoms with van der Waals surface area (Å²) in [5.74, 6) is 0. The van der Waals surface area contributed by atoms with E-state index in [1.807, 2.05) is 0 Å². The molecule has 0 amide bonds. The summed E-state index contributed by atoms with van der Waals surface area (Å²) in [4.78, 5) is 0. The molecule has 3 heteroatoms. The molecule has 8 heavy (non-hydrogen) atoms. The standard InChI is InChI=1S/C5H13NO2/c1-4(7)5(2,8)3-6/h4,7-8H,3,6H2,1-2H3/t4-,5-/m0/s1. The van der Waals surface area contributed by atoms with E-state index < -0.39 is 11.7 Å². The summed E-state index contributed by atoms with van der Waals surface area (Å²) < 4.78 is 0. The van der Waals surface area contributed by atoms with Gasteiger partial charge in [0.2, 0.25) is 0 Å². The fraction of sp³-hybridized carbons (Fsp3) is 1.00. The SMILES string of the molecule is C[C@H](O)[C@@](C)(O)CN. The van der Waals surface area contributed by atoms with Gasteiger partial charge >= 0.3 is 0 Å². The van der Waals surface area contributed by atoms with Crippen molar-refractivity contribution in [2.45, 2.75) is 25.6 Å². The lowest BCUT2D eigenvalue weighted by atomic mass is 10.0. The number of aliphatic hydroxyl groups is 2. The van der Waals surface area contributed by atoms with E-state index in [0.717, 1.165) is 0 Å². The van der Waals surface area contributed by atoms with E-state index in [-0.39, 0.29) is 6.54 Å². The summed E-state index contributed by atoms with van der Waals surface area (Å²) in [5.41, 5.74) is 3.97. The molecule has 0 heterocycles. The van der Waals surface area contributed by atoms with E-state index in [1.165, 1.54) is 13.8 Å². The fourth-order valence-electron chi connectivity index (χ4n) is 0.171. The lowest BCUT2D eigenvalue weighted by molar-refractivity contribution is -0.0446. The molecule has 0 aromatic rings. The first kappa shape index (κ1) is 7.88. The van der Waals surface area contributed by atoms with Gasteiger partial charge in [-0.05, 0) is 13.8 Å². The maximum absolute atomic E-state index is 9.03. The fourth-order valence-corrected chi connectivity index (χ4v) is 0.171. The van der Waals surface area contributed by atoms with Gasteiger partial charge in [0, 0.05) is 6.54 Å². The predicted molar refractivity (Wildman–Crippen MR) is 31.4 cm³/mol. The molecular weight excluding hydrogens is 106 g/mol. The molecule has 0 aliphatic carbocycles. The molecule has 4 N–H and O–H groups in total. The van der Waals surface area contributed by atoms with Crippen LogP contribution in [-0.2, 0) is 0 Å². The number of nitrogens with two attached hydrogens (primary N) is 1. The van der Waals surface area contributed by atoms with Crippen LogP contribution in [0.2, 0.25) is 0 Å². The normalized spacial score (nSPS) is 22.1. The Kier molecular flexibility index (Phi) is 2.40. The minimum atomic E-state index is -1.12. The monoisotopic (exact) mass is 119 g/mol. The Morgan fingerprint density at radius 1 is 1.75 bits per heavy atom. The van der Waals surface area contributed by atoms with E-state index in [0.29, 0.717) is 0 Å². The zero-order chi connectivity index (χ0) is 6.78. The van der Waals surface area contributed by atoms with Crippen LogP contribution in [0.1, 0.15) is 13.8 Å². The molecule has 0 aliphatic rings. The molecule has 0 saturated heterocycles. The maximum atomic E-state index is 9.03. The summed E-state index contributed by atoms with van der Waals surface area (Å²) in [5, 5.41) is 17.8. The highest BCUT2D eigenvalue weighted by molar-refractivity contribution is 4.78. The third-order valence-electron chi connectivity index (χ3n) is 1.31. The van der Waals surface area contributed by atoms with Crippen molar-refractivity contribution in [1.82, 2.24) is 0 Å². The first-order chi connectivity index (χ1) is 3.50. The Hall–Kier alpha value is -0.120. The van der Waals surface area contributed by atoms with Crippen LogP contribution < -0.4 is 5.73 Å². The minimum Gasteiger partial charge on any atom is -0.390 e. The molecular formula is C5H13NO2. The van der Waals surface area contributed by atoms with E-state index in [9.17, 15) is 0 Å². The number of hydrogen-bond acceptors (Lipinski definition) is 3. The summed E-state index contributed by atoms with van der Waals surface area (Å²) in [6, 6.07) is 0. The zero-order valence-electron chi connectivity index (χ0n) is 5.26. The molecule has 0 spiro atoms. The van der Waals surface area contributed by atoms with Gasteiger partial charge in [0.15, 0.2) is 0 Å². The van der Waals surface area contributed by atoms with E-state index >= 15 is 0 Å². The van der Waals surface area contributed by atoms with Gasteiger partial charge in [-0.2, -0.15) is 0 Å². The van der Waals surface area contributed by atoms with Gasteiger partial charge in [-0.1, -0.05) is 0 Å². The Morgan fingerprint density at radius 2 is 2.12 bits per heavy atom. The van der Waals surface area contributed by atoms with Crippen LogP contribution in [0.15, 0.2) is 0 Å². The van der Waals surface area contributed by atoms with Crippen LogP contribution in [0, 0.1) is 0 Å². The Balaban J connectivity index is 3.71. The first-order valence-electron chi connectivity index (χ1n) is 2.61. The molecule has 2 atom stereocenters. The van der Waals surface area contributed by atoms with Crippen molar-refractivity contribution in [3.8, 4) is 0 Å². The third kappa shape index (κ3) is 1.78. The second-order valence-corrected chi connectivity index (χ2v) is 2.24. The van der Waals surface area contributed by atoms with Crippen molar-refractivity contribution in [3.05, 3.63) is 0 Å². The molecule has 0 radical (unpaired) electrons. The average molecular weight is 119 g/mol. The van der Waals surface area contributed by atoms with E-state index in [2.05, 4.69) is 0 Å². The molecule has 0 aromatic heterocycles. The minimum absolute atomic E-state index is 0.0880. The van der Waals surface area contributed by atoms with Crippen molar-refractivity contribution < 1.29 is 10.2 Å². The maximum Gasteiger partial charge on any atom is 0.0996 e. The molecule has 0 rings (SSSR count). The average Bonchev–Trinajstić information content (AvgIpc) is 1.67. The highest BCUT2D eigenvalue weighted by atomic mass is 16.3. The molecule has 0 saturated carbocycles. The van der Waals surface area contributed by atoms with Gasteiger partial charge in [-0.3, -0.25) is 0 Å². The summed E-state index contributed by atoms with van der Waals surface area (Å²) in [6.45, 7) is 3.09. The second kappa shape index (κ2) is 2.44. The van der Waals surface area contributed by atoms with E-state index in [4.69, 9.17) is 15.9 Å². The summed E-state index contributed by atoms with van der Waals surface area (Å²) in [6.07, 6.45) is -0.757. The number of hydrogen-bond donors (Lipinski definition) is 3. The van der Waals surface area contributed by atoms with Gasteiger partial charge in [-0.25, -0.2) is 0 Å². The molecule has 0 fully saturated rings. The second-order valence-electron chi connectivity index (χ2n) is 2.24. The molecule has 0 aliphatic heterocycles. The van der Waals surface area contributed by atoms with Crippen LogP contribution in [0.25, 0.3) is 0 Å². The molecule has 0 bridgehead atoms. The van der Waals surface area contributed by atoms with Gasteiger partial charge in [-0.15, -0.1) is 0 Å². The molecule has 0 unspecified atom stereocenters. The smallest absolute Gasteiger partial charge is 0.0996 e. The van der Waals surface area contributed by atoms with Crippen molar-refractivity contribution in [3.63, 3.8) is 0 Å². The van der Waals surface area contributed by atoms with Gasteiger partial charge < -0.3 is 15.9 Å². The summed E-state index contributed by atoms with van der Waals surface area (Å²) in [7, 11) is 0. The highest BCUT2D eigenvalue weighted by Gasteiger charge is 2.23. The first-order valence-corrected chi connectivity index (χ1v) is 2.61. The number of aliphatic hydroxyl groups excluding tert-OH is 1. The van der Waals surface area contributed by atoms with E-state index in [1.54, 1.807) is 0 Å². The van der Waals surface area contributed by atoms with Crippen LogP contribution in [-0.4, -0.2) is 28.5 Å². The predicted octanol–water partition coefficient (Wildman–Crippen LogP) is -0.923. The van der Waals surface area contributed by atoms with Crippen LogP contribution in [0.3, 0.4) is 0 Å². The Morgan fingerprint density at radius 3 is 2.12 bits per heavy atom. The Bertz CT molecular complexity index is 70.8. The third-order valence-corrected chi connectivity index (χ3v) is 1.31. The largest absolute Gasteiger partial charge is 0.390 e. The lowest BCUT2D eigenvalue weighted by Gasteiger charge is -2.23. The topological polar surface area (TPSA) is 66.5 Å². The zero-order valence-corrected chi connectivity index (χ0v) is 5.26. The molecule has 3 nitrogen and oxygen atoms in total. The van der Waals surface area contributed by atoms with Crippen molar-refractivity contribution in [1.29, 1.82) is 0 Å². The molecule has 0 aromatic carbocycles. The van der Waals surface area contributed by atoms with Crippen LogP contribution in [0.4, 0.5) is 0 Å².